The van der Waals surface area contributed by atoms with Gasteiger partial charge in [-0.3, -0.25) is 4.99 Å². The number of nitrogens with zero attached hydrogens (tertiary/aromatic N) is 1. The number of amidine groups is 1. The Morgan fingerprint density at radius 3 is 2.53 bits per heavy atom. The molecule has 0 bridgehead atoms. The molecule has 94 valence electrons. The van der Waals surface area contributed by atoms with E-state index in [0.29, 0.717) is 25.6 Å². The molecule has 2 rings (SSSR count). The number of hydrogen-bond acceptors (Lipinski definition) is 3. The molecule has 0 amide bonds. The van der Waals surface area contributed by atoms with Crippen LogP contribution < -0.4 is 15.2 Å². The zero-order valence-corrected chi connectivity index (χ0v) is 10.7. The van der Waals surface area contributed by atoms with E-state index in [9.17, 15) is 0 Å². The maximum absolute atomic E-state index is 5.79. The molecule has 0 saturated carbocycles. The van der Waals surface area contributed by atoms with E-state index in [1.54, 1.807) is 0 Å². The number of hydrogen-bond donors (Lipinski definition) is 1. The highest BCUT2D eigenvalue weighted by molar-refractivity contribution is 5.98. The van der Waals surface area contributed by atoms with Crippen molar-refractivity contribution in [3.63, 3.8) is 0 Å². The summed E-state index contributed by atoms with van der Waals surface area (Å²) in [4.78, 5) is 4.14. The lowest BCUT2D eigenvalue weighted by Gasteiger charge is -2.18. The van der Waals surface area contributed by atoms with Crippen molar-refractivity contribution in [3.8, 4) is 11.5 Å². The average Bonchev–Trinajstić information content (AvgIpc) is 2.41. The normalized spacial score (nSPS) is 13.7. The molecule has 1 aliphatic rings. The number of benzene rings is 1. The number of aliphatic imine (C=N–C) groups is 1. The Balaban J connectivity index is 0.000000686. The molecule has 1 aliphatic heterocycles. The summed E-state index contributed by atoms with van der Waals surface area (Å²) in [7, 11) is 0. The first-order chi connectivity index (χ1) is 8.31. The van der Waals surface area contributed by atoms with Gasteiger partial charge in [0, 0.05) is 12.1 Å². The molecular formula is C13H20N2O2. The van der Waals surface area contributed by atoms with E-state index >= 15 is 0 Å². The van der Waals surface area contributed by atoms with Gasteiger partial charge in [-0.05, 0) is 25.1 Å². The molecule has 4 nitrogen and oxygen atoms in total. The van der Waals surface area contributed by atoms with Crippen LogP contribution in [0.25, 0.3) is 0 Å². The lowest BCUT2D eigenvalue weighted by atomic mass is 10.2. The predicted molar refractivity (Wildman–Crippen MR) is 70.0 cm³/mol. The molecule has 0 saturated heterocycles. The van der Waals surface area contributed by atoms with Gasteiger partial charge in [-0.15, -0.1) is 0 Å². The Hall–Kier alpha value is -1.71. The van der Waals surface area contributed by atoms with Crippen LogP contribution in [0.4, 0.5) is 0 Å². The Kier molecular flexibility index (Phi) is 5.33. The maximum atomic E-state index is 5.79. The van der Waals surface area contributed by atoms with Crippen LogP contribution >= 0.6 is 0 Å². The van der Waals surface area contributed by atoms with Gasteiger partial charge in [0.1, 0.15) is 19.0 Å². The van der Waals surface area contributed by atoms with Gasteiger partial charge < -0.3 is 15.2 Å². The molecule has 1 heterocycles. The van der Waals surface area contributed by atoms with Gasteiger partial charge in [-0.2, -0.15) is 0 Å². The van der Waals surface area contributed by atoms with E-state index in [4.69, 9.17) is 15.2 Å². The summed E-state index contributed by atoms with van der Waals surface area (Å²) >= 11 is 0. The molecule has 2 N–H and O–H groups in total. The zero-order valence-electron chi connectivity index (χ0n) is 10.7. The van der Waals surface area contributed by atoms with Gasteiger partial charge in [-0.25, -0.2) is 0 Å². The minimum Gasteiger partial charge on any atom is -0.486 e. The summed E-state index contributed by atoms with van der Waals surface area (Å²) in [5, 5.41) is 0. The summed E-state index contributed by atoms with van der Waals surface area (Å²) in [6, 6.07) is 5.62. The summed E-state index contributed by atoms with van der Waals surface area (Å²) in [5.74, 6) is 2.05. The van der Waals surface area contributed by atoms with E-state index in [2.05, 4.69) is 4.99 Å². The minimum absolute atomic E-state index is 0.537. The fourth-order valence-corrected chi connectivity index (χ4v) is 1.46. The second-order valence-electron chi connectivity index (χ2n) is 3.22. The van der Waals surface area contributed by atoms with Crippen molar-refractivity contribution in [2.24, 2.45) is 10.7 Å². The van der Waals surface area contributed by atoms with Crippen LogP contribution in [0, 0.1) is 0 Å². The molecule has 0 atom stereocenters. The van der Waals surface area contributed by atoms with Crippen LogP contribution in [0.3, 0.4) is 0 Å². The Bertz CT molecular complexity index is 389. The van der Waals surface area contributed by atoms with Gasteiger partial charge in [0.15, 0.2) is 11.5 Å². The van der Waals surface area contributed by atoms with E-state index in [1.165, 1.54) is 0 Å². The molecule has 1 aromatic carbocycles. The molecule has 0 fully saturated rings. The topological polar surface area (TPSA) is 56.8 Å². The van der Waals surface area contributed by atoms with Crippen molar-refractivity contribution in [2.45, 2.75) is 20.8 Å². The summed E-state index contributed by atoms with van der Waals surface area (Å²) in [5.41, 5.74) is 6.67. The minimum atomic E-state index is 0.537. The quantitative estimate of drug-likeness (QED) is 0.632. The van der Waals surface area contributed by atoms with Gasteiger partial charge in [0.05, 0.1) is 0 Å². The summed E-state index contributed by atoms with van der Waals surface area (Å²) in [6.45, 7) is 7.82. The van der Waals surface area contributed by atoms with Crippen molar-refractivity contribution in [1.82, 2.24) is 0 Å². The summed E-state index contributed by atoms with van der Waals surface area (Å²) < 4.78 is 10.9. The highest BCUT2D eigenvalue weighted by Gasteiger charge is 2.12. The molecule has 0 aromatic heterocycles. The third kappa shape index (κ3) is 3.37. The van der Waals surface area contributed by atoms with Crippen molar-refractivity contribution in [2.75, 3.05) is 19.8 Å². The SMILES string of the molecule is CC.CCN=C(N)c1ccc2c(c1)OCCO2. The van der Waals surface area contributed by atoms with Crippen molar-refractivity contribution in [1.29, 1.82) is 0 Å². The van der Waals surface area contributed by atoms with Crippen LogP contribution in [0.5, 0.6) is 11.5 Å². The van der Waals surface area contributed by atoms with Crippen molar-refractivity contribution in [3.05, 3.63) is 23.8 Å². The predicted octanol–water partition coefficient (Wildman–Crippen LogP) is 2.21. The van der Waals surface area contributed by atoms with Crippen LogP contribution in [-0.2, 0) is 0 Å². The monoisotopic (exact) mass is 236 g/mol. The number of ether oxygens (including phenoxy) is 2. The Morgan fingerprint density at radius 1 is 1.24 bits per heavy atom. The zero-order chi connectivity index (χ0) is 12.7. The number of nitrogens with two attached hydrogens (primary N) is 1. The first-order valence-corrected chi connectivity index (χ1v) is 6.01. The largest absolute Gasteiger partial charge is 0.486 e. The molecule has 0 radical (unpaired) electrons. The van der Waals surface area contributed by atoms with Crippen LogP contribution in [-0.4, -0.2) is 25.6 Å². The summed E-state index contributed by atoms with van der Waals surface area (Å²) in [6.07, 6.45) is 0. The van der Waals surface area contributed by atoms with E-state index in [0.717, 1.165) is 17.1 Å². The standard InChI is InChI=1S/C11H14N2O2.C2H6/c1-2-13-11(12)8-3-4-9-10(7-8)15-6-5-14-9;1-2/h3-4,7H,2,5-6H2,1H3,(H2,12,13);1-2H3. The average molecular weight is 236 g/mol. The fourth-order valence-electron chi connectivity index (χ4n) is 1.46. The third-order valence-electron chi connectivity index (χ3n) is 2.17. The molecule has 0 aliphatic carbocycles. The second-order valence-corrected chi connectivity index (χ2v) is 3.22. The molecule has 4 heteroatoms. The highest BCUT2D eigenvalue weighted by atomic mass is 16.6. The molecular weight excluding hydrogens is 216 g/mol. The lowest BCUT2D eigenvalue weighted by Crippen LogP contribution is -2.18. The number of rotatable bonds is 2. The van der Waals surface area contributed by atoms with Gasteiger partial charge in [-0.1, -0.05) is 13.8 Å². The third-order valence-corrected chi connectivity index (χ3v) is 2.17. The smallest absolute Gasteiger partial charge is 0.162 e. The van der Waals surface area contributed by atoms with E-state index in [1.807, 2.05) is 39.0 Å². The van der Waals surface area contributed by atoms with Gasteiger partial charge in [0.25, 0.3) is 0 Å². The second kappa shape index (κ2) is 6.78. The Labute approximate surface area is 102 Å². The van der Waals surface area contributed by atoms with Crippen LogP contribution in [0.2, 0.25) is 0 Å². The molecule has 0 spiro atoms. The fraction of sp³-hybridized carbons (Fsp3) is 0.462. The molecule has 17 heavy (non-hydrogen) atoms. The maximum Gasteiger partial charge on any atom is 0.162 e. The van der Waals surface area contributed by atoms with Crippen LogP contribution in [0.1, 0.15) is 26.3 Å². The lowest BCUT2D eigenvalue weighted by molar-refractivity contribution is 0.171. The van der Waals surface area contributed by atoms with Gasteiger partial charge >= 0.3 is 0 Å². The van der Waals surface area contributed by atoms with Crippen molar-refractivity contribution >= 4 is 5.84 Å². The van der Waals surface area contributed by atoms with E-state index in [-0.39, 0.29) is 0 Å². The first kappa shape index (κ1) is 13.4. The van der Waals surface area contributed by atoms with Crippen LogP contribution in [0.15, 0.2) is 23.2 Å². The molecule has 1 aromatic rings. The van der Waals surface area contributed by atoms with Crippen molar-refractivity contribution < 1.29 is 9.47 Å². The van der Waals surface area contributed by atoms with E-state index < -0.39 is 0 Å². The molecule has 0 unspecified atom stereocenters. The number of fused-ring (bicyclic) bond motifs is 1. The first-order valence-electron chi connectivity index (χ1n) is 6.01. The highest BCUT2D eigenvalue weighted by Crippen LogP contribution is 2.30. The Morgan fingerprint density at radius 2 is 1.88 bits per heavy atom. The van der Waals surface area contributed by atoms with Gasteiger partial charge in [0.2, 0.25) is 0 Å².